The molecular weight excluding hydrogens is 186 g/mol. The van der Waals surface area contributed by atoms with Crippen molar-refractivity contribution in [1.82, 2.24) is 9.78 Å². The lowest BCUT2D eigenvalue weighted by Crippen LogP contribution is -2.17. The summed E-state index contributed by atoms with van der Waals surface area (Å²) in [6.45, 7) is 3.06. The molecule has 2 bridgehead atoms. The van der Waals surface area contributed by atoms with Gasteiger partial charge >= 0.3 is 0 Å². The summed E-state index contributed by atoms with van der Waals surface area (Å²) in [6.07, 6.45) is 7.80. The van der Waals surface area contributed by atoms with Crippen LogP contribution in [0, 0.1) is 24.7 Å². The van der Waals surface area contributed by atoms with Crippen LogP contribution < -0.4 is 5.73 Å². The first-order valence-corrected chi connectivity index (χ1v) is 6.02. The van der Waals surface area contributed by atoms with E-state index in [0.29, 0.717) is 0 Å². The number of nitrogen functional groups attached to an aromatic ring is 1. The van der Waals surface area contributed by atoms with E-state index >= 15 is 0 Å². The number of anilines is 1. The van der Waals surface area contributed by atoms with Gasteiger partial charge in [0.25, 0.3) is 0 Å². The van der Waals surface area contributed by atoms with Crippen LogP contribution in [0.3, 0.4) is 0 Å². The Bertz CT molecular complexity index is 349. The minimum Gasteiger partial charge on any atom is -0.396 e. The van der Waals surface area contributed by atoms with Gasteiger partial charge in [-0.1, -0.05) is 6.42 Å². The van der Waals surface area contributed by atoms with E-state index in [2.05, 4.69) is 9.78 Å². The van der Waals surface area contributed by atoms with Crippen LogP contribution in [0.2, 0.25) is 0 Å². The Labute approximate surface area is 90.7 Å². The third kappa shape index (κ3) is 1.54. The summed E-state index contributed by atoms with van der Waals surface area (Å²) < 4.78 is 2.05. The first kappa shape index (κ1) is 9.25. The molecule has 82 valence electrons. The molecule has 1 aromatic rings. The van der Waals surface area contributed by atoms with Gasteiger partial charge in [0.1, 0.15) is 0 Å². The molecular formula is C12H19N3. The highest BCUT2D eigenvalue weighted by Crippen LogP contribution is 2.48. The van der Waals surface area contributed by atoms with Gasteiger partial charge in [0.05, 0.1) is 11.4 Å². The number of aryl methyl sites for hydroxylation is 1. The maximum Gasteiger partial charge on any atom is 0.0822 e. The van der Waals surface area contributed by atoms with Crippen LogP contribution in [-0.2, 0) is 6.54 Å². The molecule has 3 heteroatoms. The van der Waals surface area contributed by atoms with E-state index < -0.39 is 0 Å². The standard InChI is InChI=1S/C12H19N3/c1-8-12(13)7-15(14-8)6-11-5-9-2-3-10(11)4-9/h7,9-11H,2-6,13H2,1H3. The Morgan fingerprint density at radius 3 is 2.87 bits per heavy atom. The van der Waals surface area contributed by atoms with Crippen molar-refractivity contribution in [2.45, 2.75) is 39.2 Å². The molecule has 3 unspecified atom stereocenters. The van der Waals surface area contributed by atoms with E-state index in [0.717, 1.165) is 35.7 Å². The number of rotatable bonds is 2. The second kappa shape index (κ2) is 3.26. The predicted molar refractivity (Wildman–Crippen MR) is 60.3 cm³/mol. The summed E-state index contributed by atoms with van der Waals surface area (Å²) in [5.74, 6) is 2.86. The monoisotopic (exact) mass is 205 g/mol. The van der Waals surface area contributed by atoms with Crippen LogP contribution in [0.25, 0.3) is 0 Å². The first-order chi connectivity index (χ1) is 7.22. The topological polar surface area (TPSA) is 43.8 Å². The maximum absolute atomic E-state index is 5.81. The molecule has 3 rings (SSSR count). The van der Waals surface area contributed by atoms with Gasteiger partial charge in [0.2, 0.25) is 0 Å². The summed E-state index contributed by atoms with van der Waals surface area (Å²) in [7, 11) is 0. The summed E-state index contributed by atoms with van der Waals surface area (Å²) in [4.78, 5) is 0. The lowest BCUT2D eigenvalue weighted by Gasteiger charge is -2.21. The second-order valence-corrected chi connectivity index (χ2v) is 5.33. The van der Waals surface area contributed by atoms with Crippen LogP contribution in [0.15, 0.2) is 6.20 Å². The zero-order chi connectivity index (χ0) is 10.4. The molecule has 0 aromatic carbocycles. The van der Waals surface area contributed by atoms with E-state index in [9.17, 15) is 0 Å². The van der Waals surface area contributed by atoms with E-state index in [1.54, 1.807) is 0 Å². The normalized spacial score (nSPS) is 33.8. The third-order valence-electron chi connectivity index (χ3n) is 4.29. The van der Waals surface area contributed by atoms with Gasteiger partial charge in [0.15, 0.2) is 0 Å². The van der Waals surface area contributed by atoms with Crippen molar-refractivity contribution in [3.63, 3.8) is 0 Å². The average molecular weight is 205 g/mol. The fraction of sp³-hybridized carbons (Fsp3) is 0.750. The van der Waals surface area contributed by atoms with E-state index in [1.807, 2.05) is 13.1 Å². The molecule has 15 heavy (non-hydrogen) atoms. The molecule has 2 fully saturated rings. The number of nitrogens with two attached hydrogens (primary N) is 1. The average Bonchev–Trinajstić information content (AvgIpc) is 2.84. The lowest BCUT2D eigenvalue weighted by atomic mass is 9.89. The van der Waals surface area contributed by atoms with Gasteiger partial charge in [-0.2, -0.15) is 5.10 Å². The van der Waals surface area contributed by atoms with Crippen LogP contribution in [0.1, 0.15) is 31.4 Å². The zero-order valence-corrected chi connectivity index (χ0v) is 9.32. The molecule has 1 aromatic heterocycles. The highest BCUT2D eigenvalue weighted by Gasteiger charge is 2.39. The molecule has 0 aliphatic heterocycles. The van der Waals surface area contributed by atoms with Crippen molar-refractivity contribution in [3.8, 4) is 0 Å². The van der Waals surface area contributed by atoms with Crippen molar-refractivity contribution in [2.24, 2.45) is 17.8 Å². The largest absolute Gasteiger partial charge is 0.396 e. The van der Waals surface area contributed by atoms with Gasteiger partial charge in [0, 0.05) is 12.7 Å². The van der Waals surface area contributed by atoms with Crippen LogP contribution in [0.4, 0.5) is 5.69 Å². The Morgan fingerprint density at radius 1 is 1.47 bits per heavy atom. The number of hydrogen-bond donors (Lipinski definition) is 1. The zero-order valence-electron chi connectivity index (χ0n) is 9.32. The van der Waals surface area contributed by atoms with Crippen molar-refractivity contribution in [1.29, 1.82) is 0 Å². The number of fused-ring (bicyclic) bond motifs is 2. The first-order valence-electron chi connectivity index (χ1n) is 6.02. The summed E-state index contributed by atoms with van der Waals surface area (Å²) in [5, 5.41) is 4.45. The third-order valence-corrected chi connectivity index (χ3v) is 4.29. The van der Waals surface area contributed by atoms with Gasteiger partial charge in [-0.25, -0.2) is 0 Å². The van der Waals surface area contributed by atoms with E-state index in [4.69, 9.17) is 5.73 Å². The summed E-state index contributed by atoms with van der Waals surface area (Å²) in [5.41, 5.74) is 7.61. The molecule has 0 saturated heterocycles. The Kier molecular flexibility index (Phi) is 2.01. The number of aromatic nitrogens is 2. The summed E-state index contributed by atoms with van der Waals surface area (Å²) >= 11 is 0. The molecule has 0 amide bonds. The quantitative estimate of drug-likeness (QED) is 0.804. The molecule has 2 aliphatic rings. The fourth-order valence-electron chi connectivity index (χ4n) is 3.47. The number of hydrogen-bond acceptors (Lipinski definition) is 2. The number of nitrogens with zero attached hydrogens (tertiary/aromatic N) is 2. The summed E-state index contributed by atoms with van der Waals surface area (Å²) in [6, 6.07) is 0. The molecule has 0 spiro atoms. The minimum atomic E-state index is 0.832. The molecule has 2 saturated carbocycles. The van der Waals surface area contributed by atoms with Gasteiger partial charge in [-0.15, -0.1) is 0 Å². The Hall–Kier alpha value is -0.990. The molecule has 1 heterocycles. The Morgan fingerprint density at radius 2 is 2.33 bits per heavy atom. The maximum atomic E-state index is 5.81. The molecule has 3 nitrogen and oxygen atoms in total. The SMILES string of the molecule is Cc1nn(CC2CC3CCC2C3)cc1N. The van der Waals surface area contributed by atoms with Crippen molar-refractivity contribution in [3.05, 3.63) is 11.9 Å². The van der Waals surface area contributed by atoms with E-state index in [-0.39, 0.29) is 0 Å². The predicted octanol–water partition coefficient (Wildman–Crippen LogP) is 2.21. The van der Waals surface area contributed by atoms with Gasteiger partial charge < -0.3 is 5.73 Å². The van der Waals surface area contributed by atoms with Crippen molar-refractivity contribution < 1.29 is 0 Å². The van der Waals surface area contributed by atoms with Crippen molar-refractivity contribution in [2.75, 3.05) is 5.73 Å². The van der Waals surface area contributed by atoms with Crippen LogP contribution in [-0.4, -0.2) is 9.78 Å². The van der Waals surface area contributed by atoms with E-state index in [1.165, 1.54) is 25.7 Å². The van der Waals surface area contributed by atoms with Crippen molar-refractivity contribution >= 4 is 5.69 Å². The highest BCUT2D eigenvalue weighted by atomic mass is 15.3. The second-order valence-electron chi connectivity index (χ2n) is 5.33. The minimum absolute atomic E-state index is 0.832. The van der Waals surface area contributed by atoms with Crippen LogP contribution >= 0.6 is 0 Å². The smallest absolute Gasteiger partial charge is 0.0822 e. The molecule has 3 atom stereocenters. The highest BCUT2D eigenvalue weighted by molar-refractivity contribution is 5.39. The fourth-order valence-corrected chi connectivity index (χ4v) is 3.47. The molecule has 0 radical (unpaired) electrons. The van der Waals surface area contributed by atoms with Gasteiger partial charge in [-0.3, -0.25) is 4.68 Å². The van der Waals surface area contributed by atoms with Crippen LogP contribution in [0.5, 0.6) is 0 Å². The molecule has 2 aliphatic carbocycles. The lowest BCUT2D eigenvalue weighted by molar-refractivity contribution is 0.285. The van der Waals surface area contributed by atoms with Gasteiger partial charge in [-0.05, 0) is 43.9 Å². The Balaban J connectivity index is 1.70. The molecule has 2 N–H and O–H groups in total.